The lowest BCUT2D eigenvalue weighted by atomic mass is 9.94. The first-order valence-corrected chi connectivity index (χ1v) is 9.31. The molecule has 0 aromatic carbocycles. The molecule has 0 amide bonds. The van der Waals surface area contributed by atoms with Gasteiger partial charge in [0.05, 0.1) is 0 Å². The van der Waals surface area contributed by atoms with Crippen LogP contribution < -0.4 is 0 Å². The molecule has 2 fully saturated rings. The minimum atomic E-state index is 0.597. The van der Waals surface area contributed by atoms with Gasteiger partial charge in [-0.25, -0.2) is 9.97 Å². The summed E-state index contributed by atoms with van der Waals surface area (Å²) in [6.45, 7) is 7.00. The van der Waals surface area contributed by atoms with Gasteiger partial charge in [0.25, 0.3) is 0 Å². The second-order valence-electron chi connectivity index (χ2n) is 7.53. The van der Waals surface area contributed by atoms with Crippen molar-refractivity contribution in [2.24, 2.45) is 0 Å². The quantitative estimate of drug-likeness (QED) is 0.854. The summed E-state index contributed by atoms with van der Waals surface area (Å²) in [5.74, 6) is 1.91. The summed E-state index contributed by atoms with van der Waals surface area (Å²) >= 11 is 0. The smallest absolute Gasteiger partial charge is 0.160 e. The number of likely N-dealkylation sites (tertiary alicyclic amines) is 1. The molecule has 0 N–H and O–H groups in total. The molecule has 2 aromatic heterocycles. The molecule has 3 heterocycles. The molecule has 1 saturated heterocycles. The number of pyridine rings is 1. The van der Waals surface area contributed by atoms with Gasteiger partial charge in [-0.05, 0) is 64.8 Å². The van der Waals surface area contributed by atoms with Crippen LogP contribution in [-0.4, -0.2) is 38.6 Å². The predicted octanol–water partition coefficient (Wildman–Crippen LogP) is 4.13. The van der Waals surface area contributed by atoms with Crippen molar-refractivity contribution < 1.29 is 0 Å². The van der Waals surface area contributed by atoms with Crippen molar-refractivity contribution in [1.29, 1.82) is 0 Å². The number of hydrogen-bond acceptors (Lipinski definition) is 3. The topological polar surface area (TPSA) is 34.0 Å². The molecule has 0 atom stereocenters. The van der Waals surface area contributed by atoms with Gasteiger partial charge in [-0.3, -0.25) is 0 Å². The van der Waals surface area contributed by atoms with Crippen molar-refractivity contribution in [3.05, 3.63) is 24.2 Å². The highest BCUT2D eigenvalue weighted by molar-refractivity contribution is 5.71. The van der Waals surface area contributed by atoms with E-state index in [0.29, 0.717) is 18.0 Å². The SMILES string of the molecule is CC(C)N1CCC(c2nc3cccnc3n2C2CCCC2)CC1. The highest BCUT2D eigenvalue weighted by Crippen LogP contribution is 2.37. The Hall–Kier alpha value is -1.42. The second-order valence-corrected chi connectivity index (χ2v) is 7.53. The van der Waals surface area contributed by atoms with Crippen molar-refractivity contribution in [2.75, 3.05) is 13.1 Å². The summed E-state index contributed by atoms with van der Waals surface area (Å²) in [7, 11) is 0. The molecule has 4 heteroatoms. The van der Waals surface area contributed by atoms with Crippen LogP contribution in [0.25, 0.3) is 11.2 Å². The number of piperidine rings is 1. The summed E-state index contributed by atoms with van der Waals surface area (Å²) < 4.78 is 2.51. The van der Waals surface area contributed by atoms with E-state index >= 15 is 0 Å². The van der Waals surface area contributed by atoms with E-state index < -0.39 is 0 Å². The Morgan fingerprint density at radius 3 is 2.52 bits per heavy atom. The molecule has 0 spiro atoms. The van der Waals surface area contributed by atoms with E-state index in [1.807, 2.05) is 12.3 Å². The predicted molar refractivity (Wildman–Crippen MR) is 93.7 cm³/mol. The summed E-state index contributed by atoms with van der Waals surface area (Å²) in [6, 6.07) is 5.42. The lowest BCUT2D eigenvalue weighted by molar-refractivity contribution is 0.168. The maximum absolute atomic E-state index is 5.03. The van der Waals surface area contributed by atoms with Gasteiger partial charge < -0.3 is 9.47 Å². The zero-order valence-corrected chi connectivity index (χ0v) is 14.4. The van der Waals surface area contributed by atoms with Crippen molar-refractivity contribution in [2.45, 2.75) is 70.4 Å². The van der Waals surface area contributed by atoms with Crippen LogP contribution in [0.3, 0.4) is 0 Å². The van der Waals surface area contributed by atoms with E-state index in [9.17, 15) is 0 Å². The molecule has 1 aliphatic carbocycles. The molecule has 0 radical (unpaired) electrons. The lowest BCUT2D eigenvalue weighted by Crippen LogP contribution is -2.38. The van der Waals surface area contributed by atoms with Gasteiger partial charge in [-0.1, -0.05) is 12.8 Å². The third kappa shape index (κ3) is 2.78. The van der Waals surface area contributed by atoms with Gasteiger partial charge in [-0.2, -0.15) is 0 Å². The van der Waals surface area contributed by atoms with E-state index in [-0.39, 0.29) is 0 Å². The van der Waals surface area contributed by atoms with Crippen molar-refractivity contribution in [3.63, 3.8) is 0 Å². The molecule has 4 rings (SSSR count). The first-order chi connectivity index (χ1) is 11.2. The first-order valence-electron chi connectivity index (χ1n) is 9.31. The van der Waals surface area contributed by atoms with Crippen LogP contribution >= 0.6 is 0 Å². The third-order valence-electron chi connectivity index (χ3n) is 5.79. The van der Waals surface area contributed by atoms with Crippen LogP contribution in [0, 0.1) is 0 Å². The Bertz CT molecular complexity index is 661. The van der Waals surface area contributed by atoms with Gasteiger partial charge in [0.1, 0.15) is 11.3 Å². The number of nitrogens with zero attached hydrogens (tertiary/aromatic N) is 4. The summed E-state index contributed by atoms with van der Waals surface area (Å²) in [5.41, 5.74) is 2.20. The molecule has 1 saturated carbocycles. The van der Waals surface area contributed by atoms with Gasteiger partial charge in [0.15, 0.2) is 5.65 Å². The Morgan fingerprint density at radius 1 is 1.09 bits per heavy atom. The zero-order chi connectivity index (χ0) is 15.8. The first kappa shape index (κ1) is 15.1. The Labute approximate surface area is 138 Å². The largest absolute Gasteiger partial charge is 0.309 e. The number of imidazole rings is 1. The third-order valence-corrected chi connectivity index (χ3v) is 5.79. The maximum Gasteiger partial charge on any atom is 0.160 e. The monoisotopic (exact) mass is 312 g/mol. The van der Waals surface area contributed by atoms with E-state index in [1.165, 1.54) is 57.4 Å². The summed E-state index contributed by atoms with van der Waals surface area (Å²) in [6.07, 6.45) is 9.66. The normalized spacial score (nSPS) is 21.7. The van der Waals surface area contributed by atoms with E-state index in [1.54, 1.807) is 0 Å². The fourth-order valence-corrected chi connectivity index (χ4v) is 4.43. The van der Waals surface area contributed by atoms with Gasteiger partial charge in [0, 0.05) is 24.2 Å². The minimum absolute atomic E-state index is 0.597. The van der Waals surface area contributed by atoms with Gasteiger partial charge in [0.2, 0.25) is 0 Å². The van der Waals surface area contributed by atoms with E-state index in [0.717, 1.165) is 11.2 Å². The van der Waals surface area contributed by atoms with Crippen molar-refractivity contribution in [1.82, 2.24) is 19.4 Å². The molecule has 0 bridgehead atoms. The Kier molecular flexibility index (Phi) is 4.10. The average molecular weight is 312 g/mol. The molecule has 1 aliphatic heterocycles. The molecule has 2 aliphatic rings. The summed E-state index contributed by atoms with van der Waals surface area (Å²) in [5, 5.41) is 0. The van der Waals surface area contributed by atoms with Gasteiger partial charge >= 0.3 is 0 Å². The Balaban J connectivity index is 1.68. The fourth-order valence-electron chi connectivity index (χ4n) is 4.43. The Morgan fingerprint density at radius 2 is 1.83 bits per heavy atom. The number of fused-ring (bicyclic) bond motifs is 1. The molecule has 0 unspecified atom stereocenters. The summed E-state index contributed by atoms with van der Waals surface area (Å²) in [4.78, 5) is 12.3. The molecule has 2 aromatic rings. The molecule has 124 valence electrons. The molecular formula is C19H28N4. The second kappa shape index (κ2) is 6.23. The molecule has 4 nitrogen and oxygen atoms in total. The van der Waals surface area contributed by atoms with Crippen LogP contribution in [0.4, 0.5) is 0 Å². The standard InChI is InChI=1S/C19H28N4/c1-14(2)22-12-9-15(10-13-22)18-21-17-8-5-11-20-19(17)23(18)16-6-3-4-7-16/h5,8,11,14-16H,3-4,6-7,9-10,12-13H2,1-2H3. The van der Waals surface area contributed by atoms with Crippen LogP contribution in [0.15, 0.2) is 18.3 Å². The fraction of sp³-hybridized carbons (Fsp3) is 0.684. The van der Waals surface area contributed by atoms with Crippen LogP contribution in [0.1, 0.15) is 70.2 Å². The van der Waals surface area contributed by atoms with Crippen LogP contribution in [0.5, 0.6) is 0 Å². The highest BCUT2D eigenvalue weighted by Gasteiger charge is 2.30. The van der Waals surface area contributed by atoms with Crippen molar-refractivity contribution >= 4 is 11.2 Å². The van der Waals surface area contributed by atoms with Crippen LogP contribution in [-0.2, 0) is 0 Å². The van der Waals surface area contributed by atoms with E-state index in [2.05, 4.69) is 34.4 Å². The zero-order valence-electron chi connectivity index (χ0n) is 14.4. The molecular weight excluding hydrogens is 284 g/mol. The lowest BCUT2D eigenvalue weighted by Gasteiger charge is -2.34. The molecule has 23 heavy (non-hydrogen) atoms. The number of aromatic nitrogens is 3. The minimum Gasteiger partial charge on any atom is -0.309 e. The number of hydrogen-bond donors (Lipinski definition) is 0. The van der Waals surface area contributed by atoms with Crippen molar-refractivity contribution in [3.8, 4) is 0 Å². The van der Waals surface area contributed by atoms with E-state index in [4.69, 9.17) is 4.98 Å². The maximum atomic E-state index is 5.03. The number of rotatable bonds is 3. The van der Waals surface area contributed by atoms with Crippen LogP contribution in [0.2, 0.25) is 0 Å². The van der Waals surface area contributed by atoms with Gasteiger partial charge in [-0.15, -0.1) is 0 Å². The average Bonchev–Trinajstić information content (AvgIpc) is 3.21. The highest BCUT2D eigenvalue weighted by atomic mass is 15.2.